The van der Waals surface area contributed by atoms with Crippen LogP contribution in [-0.4, -0.2) is 32.8 Å². The lowest BCUT2D eigenvalue weighted by atomic mass is 10.1. The number of sulfonamides is 1. The van der Waals surface area contributed by atoms with Crippen molar-refractivity contribution in [3.05, 3.63) is 28.2 Å². The molecule has 0 fully saturated rings. The normalized spacial score (nSPS) is 11.7. The molecule has 0 atom stereocenters. The van der Waals surface area contributed by atoms with Gasteiger partial charge in [0, 0.05) is 23.6 Å². The van der Waals surface area contributed by atoms with Gasteiger partial charge in [-0.1, -0.05) is 13.8 Å². The monoisotopic (exact) mass is 348 g/mol. The molecule has 0 aliphatic heterocycles. The predicted octanol–water partition coefficient (Wildman–Crippen LogP) is 1.82. The van der Waals surface area contributed by atoms with Gasteiger partial charge in [-0.2, -0.15) is 0 Å². The van der Waals surface area contributed by atoms with Crippen molar-refractivity contribution >= 4 is 31.9 Å². The predicted molar refractivity (Wildman–Crippen MR) is 77.3 cm³/mol. The van der Waals surface area contributed by atoms with Crippen molar-refractivity contribution in [2.45, 2.75) is 18.7 Å². The Morgan fingerprint density at radius 3 is 2.42 bits per heavy atom. The fraction of sp³-hybridized carbons (Fsp3) is 0.417. The zero-order valence-electron chi connectivity index (χ0n) is 11.1. The van der Waals surface area contributed by atoms with E-state index in [1.165, 1.54) is 18.2 Å². The maximum absolute atomic E-state index is 12.1. The van der Waals surface area contributed by atoms with E-state index in [2.05, 4.69) is 15.9 Å². The van der Waals surface area contributed by atoms with E-state index in [9.17, 15) is 13.2 Å². The number of benzene rings is 1. The Morgan fingerprint density at radius 2 is 2.00 bits per heavy atom. The maximum atomic E-state index is 12.1. The number of carbonyl (C=O) groups excluding carboxylic acids is 1. The molecule has 1 amide bonds. The van der Waals surface area contributed by atoms with Crippen LogP contribution >= 0.6 is 15.9 Å². The Bertz CT molecular complexity index is 585. The van der Waals surface area contributed by atoms with Crippen molar-refractivity contribution in [3.63, 3.8) is 0 Å². The lowest BCUT2D eigenvalue weighted by Gasteiger charge is -2.19. The van der Waals surface area contributed by atoms with Gasteiger partial charge < -0.3 is 4.90 Å². The summed E-state index contributed by atoms with van der Waals surface area (Å²) in [5.74, 6) is 0.205. The van der Waals surface area contributed by atoms with E-state index in [0.717, 1.165) is 0 Å². The molecule has 0 heterocycles. The van der Waals surface area contributed by atoms with Gasteiger partial charge in [-0.15, -0.1) is 0 Å². The molecule has 106 valence electrons. The van der Waals surface area contributed by atoms with Crippen LogP contribution in [0.3, 0.4) is 0 Å². The smallest absolute Gasteiger partial charge is 0.253 e. The minimum atomic E-state index is -3.79. The van der Waals surface area contributed by atoms with Crippen LogP contribution in [0.4, 0.5) is 0 Å². The molecule has 2 N–H and O–H groups in total. The second-order valence-electron chi connectivity index (χ2n) is 4.77. The van der Waals surface area contributed by atoms with Gasteiger partial charge >= 0.3 is 0 Å². The molecule has 1 aromatic rings. The summed E-state index contributed by atoms with van der Waals surface area (Å²) in [6.45, 7) is 4.67. The molecule has 0 saturated carbocycles. The van der Waals surface area contributed by atoms with Gasteiger partial charge in [0.15, 0.2) is 0 Å². The summed E-state index contributed by atoms with van der Waals surface area (Å²) in [5, 5.41) is 5.06. The molecular formula is C12H17BrN2O3S. The average Bonchev–Trinajstić information content (AvgIpc) is 2.25. The summed E-state index contributed by atoms with van der Waals surface area (Å²) in [7, 11) is -2.07. The second kappa shape index (κ2) is 6.02. The van der Waals surface area contributed by atoms with Crippen molar-refractivity contribution in [1.82, 2.24) is 4.90 Å². The topological polar surface area (TPSA) is 80.5 Å². The minimum absolute atomic E-state index is 0.0319. The van der Waals surface area contributed by atoms with Crippen LogP contribution in [0.1, 0.15) is 24.2 Å². The van der Waals surface area contributed by atoms with Gasteiger partial charge in [-0.3, -0.25) is 4.79 Å². The van der Waals surface area contributed by atoms with Crippen molar-refractivity contribution in [1.29, 1.82) is 0 Å². The Hall–Kier alpha value is -0.920. The molecule has 0 aromatic heterocycles. The first-order valence-electron chi connectivity index (χ1n) is 5.70. The molecule has 0 aliphatic carbocycles. The van der Waals surface area contributed by atoms with E-state index in [1.54, 1.807) is 11.9 Å². The number of amides is 1. The van der Waals surface area contributed by atoms with Crippen LogP contribution in [0.5, 0.6) is 0 Å². The molecule has 19 heavy (non-hydrogen) atoms. The first kappa shape index (κ1) is 16.1. The van der Waals surface area contributed by atoms with Gasteiger partial charge in [-0.25, -0.2) is 13.6 Å². The quantitative estimate of drug-likeness (QED) is 0.900. The molecular weight excluding hydrogens is 332 g/mol. The molecule has 7 heteroatoms. The standard InChI is InChI=1S/C12H17BrN2O3S/c1-8(2)7-15(3)12(16)9-4-5-11(10(13)6-9)19(14,17)18/h4-6,8H,7H2,1-3H3,(H2,14,17,18). The Labute approximate surface area is 122 Å². The highest BCUT2D eigenvalue weighted by molar-refractivity contribution is 9.10. The van der Waals surface area contributed by atoms with Crippen LogP contribution in [-0.2, 0) is 10.0 Å². The molecule has 0 saturated heterocycles. The van der Waals surface area contributed by atoms with Gasteiger partial charge in [-0.05, 0) is 40.0 Å². The number of rotatable bonds is 4. The number of hydrogen-bond donors (Lipinski definition) is 1. The third-order valence-corrected chi connectivity index (χ3v) is 4.36. The zero-order valence-corrected chi connectivity index (χ0v) is 13.5. The van der Waals surface area contributed by atoms with Gasteiger partial charge in [0.25, 0.3) is 5.91 Å². The summed E-state index contributed by atoms with van der Waals surface area (Å²) in [6, 6.07) is 4.26. The molecule has 0 radical (unpaired) electrons. The van der Waals surface area contributed by atoms with E-state index in [0.29, 0.717) is 22.5 Å². The van der Waals surface area contributed by atoms with E-state index in [-0.39, 0.29) is 10.8 Å². The number of nitrogens with zero attached hydrogens (tertiary/aromatic N) is 1. The highest BCUT2D eigenvalue weighted by Crippen LogP contribution is 2.22. The molecule has 5 nitrogen and oxygen atoms in total. The highest BCUT2D eigenvalue weighted by atomic mass is 79.9. The molecule has 0 bridgehead atoms. The molecule has 0 unspecified atom stereocenters. The Kier molecular flexibility index (Phi) is 5.11. The third kappa shape index (κ3) is 4.29. The van der Waals surface area contributed by atoms with Crippen LogP contribution in [0.15, 0.2) is 27.6 Å². The lowest BCUT2D eigenvalue weighted by molar-refractivity contribution is 0.0779. The number of primary sulfonamides is 1. The molecule has 1 aromatic carbocycles. The van der Waals surface area contributed by atoms with Crippen molar-refractivity contribution in [2.24, 2.45) is 11.1 Å². The fourth-order valence-corrected chi connectivity index (χ4v) is 3.36. The van der Waals surface area contributed by atoms with Crippen LogP contribution < -0.4 is 5.14 Å². The first-order chi connectivity index (χ1) is 8.62. The lowest BCUT2D eigenvalue weighted by Crippen LogP contribution is -2.30. The van der Waals surface area contributed by atoms with Crippen molar-refractivity contribution < 1.29 is 13.2 Å². The van der Waals surface area contributed by atoms with E-state index in [4.69, 9.17) is 5.14 Å². The Morgan fingerprint density at radius 1 is 1.42 bits per heavy atom. The largest absolute Gasteiger partial charge is 0.341 e. The van der Waals surface area contributed by atoms with Gasteiger partial charge in [0.05, 0.1) is 4.90 Å². The highest BCUT2D eigenvalue weighted by Gasteiger charge is 2.17. The van der Waals surface area contributed by atoms with Crippen LogP contribution in [0.2, 0.25) is 0 Å². The minimum Gasteiger partial charge on any atom is -0.341 e. The van der Waals surface area contributed by atoms with Crippen molar-refractivity contribution in [2.75, 3.05) is 13.6 Å². The number of nitrogens with two attached hydrogens (primary N) is 1. The maximum Gasteiger partial charge on any atom is 0.253 e. The summed E-state index contributed by atoms with van der Waals surface area (Å²) >= 11 is 3.12. The second-order valence-corrected chi connectivity index (χ2v) is 7.15. The number of halogens is 1. The number of carbonyl (C=O) groups is 1. The average molecular weight is 349 g/mol. The zero-order chi connectivity index (χ0) is 14.8. The Balaban J connectivity index is 3.05. The van der Waals surface area contributed by atoms with E-state index >= 15 is 0 Å². The van der Waals surface area contributed by atoms with Gasteiger partial charge in [0.2, 0.25) is 10.0 Å². The van der Waals surface area contributed by atoms with Gasteiger partial charge in [0.1, 0.15) is 0 Å². The van der Waals surface area contributed by atoms with E-state index < -0.39 is 10.0 Å². The summed E-state index contributed by atoms with van der Waals surface area (Å²) in [6.07, 6.45) is 0. The first-order valence-corrected chi connectivity index (χ1v) is 8.04. The van der Waals surface area contributed by atoms with E-state index in [1.807, 2.05) is 13.8 Å². The fourth-order valence-electron chi connectivity index (χ4n) is 1.72. The summed E-state index contributed by atoms with van der Waals surface area (Å²) < 4.78 is 22.8. The van der Waals surface area contributed by atoms with Crippen molar-refractivity contribution in [3.8, 4) is 0 Å². The van der Waals surface area contributed by atoms with Crippen LogP contribution in [0, 0.1) is 5.92 Å². The molecule has 0 spiro atoms. The molecule has 0 aliphatic rings. The number of hydrogen-bond acceptors (Lipinski definition) is 3. The molecule has 1 rings (SSSR count). The third-order valence-electron chi connectivity index (χ3n) is 2.47. The summed E-state index contributed by atoms with van der Waals surface area (Å²) in [4.78, 5) is 13.7. The summed E-state index contributed by atoms with van der Waals surface area (Å²) in [5.41, 5.74) is 0.419. The SMILES string of the molecule is CC(C)CN(C)C(=O)c1ccc(S(N)(=O)=O)c(Br)c1. The van der Waals surface area contributed by atoms with Crippen LogP contribution in [0.25, 0.3) is 0 Å².